The fourth-order valence-electron chi connectivity index (χ4n) is 2.05. The first-order valence-corrected chi connectivity index (χ1v) is 6.84. The number of carbonyl (C=O) groups is 1. The normalized spacial score (nSPS) is 12.0. The second-order valence-electron chi connectivity index (χ2n) is 4.97. The molecule has 4 heteroatoms. The Kier molecular flexibility index (Phi) is 5.49. The SMILES string of the molecule is N[C@H](COCc1ccc(C(=O)O)cc1)Cc1ccccc1. The molecule has 0 aliphatic rings. The van der Waals surface area contributed by atoms with E-state index in [4.69, 9.17) is 15.6 Å². The van der Waals surface area contributed by atoms with E-state index in [1.807, 2.05) is 30.3 Å². The largest absolute Gasteiger partial charge is 0.478 e. The topological polar surface area (TPSA) is 72.5 Å². The molecular weight excluding hydrogens is 266 g/mol. The molecule has 0 spiro atoms. The molecule has 0 saturated heterocycles. The van der Waals surface area contributed by atoms with Gasteiger partial charge in [-0.05, 0) is 29.7 Å². The van der Waals surface area contributed by atoms with Gasteiger partial charge >= 0.3 is 5.97 Å². The van der Waals surface area contributed by atoms with E-state index in [0.29, 0.717) is 13.2 Å². The van der Waals surface area contributed by atoms with Gasteiger partial charge in [-0.25, -0.2) is 4.79 Å². The van der Waals surface area contributed by atoms with Crippen LogP contribution in [0.2, 0.25) is 0 Å². The smallest absolute Gasteiger partial charge is 0.335 e. The maximum Gasteiger partial charge on any atom is 0.335 e. The number of carboxylic acid groups (broad SMARTS) is 1. The van der Waals surface area contributed by atoms with Gasteiger partial charge in [-0.3, -0.25) is 0 Å². The summed E-state index contributed by atoms with van der Waals surface area (Å²) in [5.41, 5.74) is 8.44. The number of rotatable bonds is 7. The highest BCUT2D eigenvalue weighted by Gasteiger charge is 2.05. The van der Waals surface area contributed by atoms with Gasteiger partial charge in [-0.15, -0.1) is 0 Å². The Morgan fingerprint density at radius 2 is 1.71 bits per heavy atom. The Morgan fingerprint density at radius 1 is 1.05 bits per heavy atom. The van der Waals surface area contributed by atoms with E-state index in [-0.39, 0.29) is 11.6 Å². The predicted octanol–water partition coefficient (Wildman–Crippen LogP) is 2.47. The average Bonchev–Trinajstić information content (AvgIpc) is 2.49. The van der Waals surface area contributed by atoms with Crippen LogP contribution in [0.4, 0.5) is 0 Å². The summed E-state index contributed by atoms with van der Waals surface area (Å²) in [5.74, 6) is -0.924. The summed E-state index contributed by atoms with van der Waals surface area (Å²) in [7, 11) is 0. The molecule has 0 amide bonds. The van der Waals surface area contributed by atoms with Crippen LogP contribution in [-0.2, 0) is 17.8 Å². The lowest BCUT2D eigenvalue weighted by Gasteiger charge is -2.12. The second-order valence-corrected chi connectivity index (χ2v) is 4.97. The van der Waals surface area contributed by atoms with E-state index in [1.54, 1.807) is 24.3 Å². The van der Waals surface area contributed by atoms with Crippen molar-refractivity contribution in [2.45, 2.75) is 19.1 Å². The van der Waals surface area contributed by atoms with Crippen LogP contribution in [0.15, 0.2) is 54.6 Å². The fraction of sp³-hybridized carbons (Fsp3) is 0.235. The van der Waals surface area contributed by atoms with E-state index >= 15 is 0 Å². The number of hydrogen-bond donors (Lipinski definition) is 2. The second kappa shape index (κ2) is 7.57. The van der Waals surface area contributed by atoms with Crippen molar-refractivity contribution >= 4 is 5.97 Å². The Hall–Kier alpha value is -2.17. The van der Waals surface area contributed by atoms with E-state index in [1.165, 1.54) is 5.56 Å². The zero-order valence-corrected chi connectivity index (χ0v) is 11.7. The molecule has 2 aromatic carbocycles. The molecule has 110 valence electrons. The minimum absolute atomic E-state index is 0.0503. The molecule has 0 aliphatic heterocycles. The first kappa shape index (κ1) is 15.2. The maximum absolute atomic E-state index is 10.7. The molecule has 4 nitrogen and oxygen atoms in total. The molecule has 2 aromatic rings. The third-order valence-corrected chi connectivity index (χ3v) is 3.14. The van der Waals surface area contributed by atoms with Crippen molar-refractivity contribution in [3.63, 3.8) is 0 Å². The van der Waals surface area contributed by atoms with Crippen molar-refractivity contribution < 1.29 is 14.6 Å². The molecule has 0 bridgehead atoms. The van der Waals surface area contributed by atoms with Crippen LogP contribution < -0.4 is 5.73 Å². The van der Waals surface area contributed by atoms with Crippen LogP contribution in [-0.4, -0.2) is 23.7 Å². The summed E-state index contributed by atoms with van der Waals surface area (Å²) in [6.07, 6.45) is 0.777. The van der Waals surface area contributed by atoms with Crippen LogP contribution >= 0.6 is 0 Å². The van der Waals surface area contributed by atoms with Gasteiger partial charge in [0.1, 0.15) is 0 Å². The van der Waals surface area contributed by atoms with Crippen molar-refractivity contribution in [1.29, 1.82) is 0 Å². The Labute approximate surface area is 124 Å². The van der Waals surface area contributed by atoms with E-state index in [2.05, 4.69) is 0 Å². The van der Waals surface area contributed by atoms with Crippen molar-refractivity contribution in [2.75, 3.05) is 6.61 Å². The maximum atomic E-state index is 10.7. The van der Waals surface area contributed by atoms with Gasteiger partial charge in [0.15, 0.2) is 0 Å². The van der Waals surface area contributed by atoms with Gasteiger partial charge in [0.05, 0.1) is 18.8 Å². The molecule has 0 aromatic heterocycles. The lowest BCUT2D eigenvalue weighted by molar-refractivity contribution is 0.0696. The number of hydrogen-bond acceptors (Lipinski definition) is 3. The molecule has 0 unspecified atom stereocenters. The predicted molar refractivity (Wildman–Crippen MR) is 81.2 cm³/mol. The molecule has 2 rings (SSSR count). The summed E-state index contributed by atoms with van der Waals surface area (Å²) >= 11 is 0. The molecule has 0 radical (unpaired) electrons. The highest BCUT2D eigenvalue weighted by molar-refractivity contribution is 5.87. The average molecular weight is 285 g/mol. The van der Waals surface area contributed by atoms with E-state index in [0.717, 1.165) is 12.0 Å². The monoisotopic (exact) mass is 285 g/mol. The van der Waals surface area contributed by atoms with Crippen molar-refractivity contribution in [3.8, 4) is 0 Å². The molecule has 0 fully saturated rings. The number of nitrogens with two attached hydrogens (primary N) is 1. The molecule has 0 heterocycles. The fourth-order valence-corrected chi connectivity index (χ4v) is 2.05. The molecular formula is C17H19NO3. The summed E-state index contributed by atoms with van der Waals surface area (Å²) in [6, 6.07) is 16.7. The summed E-state index contributed by atoms with van der Waals surface area (Å²) in [4.78, 5) is 10.7. The van der Waals surface area contributed by atoms with Gasteiger partial charge in [-0.2, -0.15) is 0 Å². The van der Waals surface area contributed by atoms with Crippen LogP contribution in [0.3, 0.4) is 0 Å². The Morgan fingerprint density at radius 3 is 2.33 bits per heavy atom. The number of ether oxygens (including phenoxy) is 1. The first-order valence-electron chi connectivity index (χ1n) is 6.84. The molecule has 21 heavy (non-hydrogen) atoms. The highest BCUT2D eigenvalue weighted by atomic mass is 16.5. The quantitative estimate of drug-likeness (QED) is 0.819. The van der Waals surface area contributed by atoms with Gasteiger partial charge < -0.3 is 15.6 Å². The number of aromatic carboxylic acids is 1. The lowest BCUT2D eigenvalue weighted by Crippen LogP contribution is -2.28. The summed E-state index contributed by atoms with van der Waals surface area (Å²) in [5, 5.41) is 8.82. The van der Waals surface area contributed by atoms with Gasteiger partial charge in [0, 0.05) is 6.04 Å². The third kappa shape index (κ3) is 5.02. The molecule has 3 N–H and O–H groups in total. The number of benzene rings is 2. The van der Waals surface area contributed by atoms with Gasteiger partial charge in [0.2, 0.25) is 0 Å². The minimum Gasteiger partial charge on any atom is -0.478 e. The summed E-state index contributed by atoms with van der Waals surface area (Å²) in [6.45, 7) is 0.901. The van der Waals surface area contributed by atoms with Crippen LogP contribution in [0.5, 0.6) is 0 Å². The van der Waals surface area contributed by atoms with Crippen LogP contribution in [0.1, 0.15) is 21.5 Å². The van der Waals surface area contributed by atoms with Crippen molar-refractivity contribution in [1.82, 2.24) is 0 Å². The Bertz CT molecular complexity index is 566. The first-order chi connectivity index (χ1) is 10.1. The van der Waals surface area contributed by atoms with Crippen LogP contribution in [0.25, 0.3) is 0 Å². The van der Waals surface area contributed by atoms with Crippen molar-refractivity contribution in [2.24, 2.45) is 5.73 Å². The van der Waals surface area contributed by atoms with Gasteiger partial charge in [-0.1, -0.05) is 42.5 Å². The zero-order chi connectivity index (χ0) is 15.1. The Balaban J connectivity index is 1.74. The van der Waals surface area contributed by atoms with E-state index < -0.39 is 5.97 Å². The highest BCUT2D eigenvalue weighted by Crippen LogP contribution is 2.07. The van der Waals surface area contributed by atoms with E-state index in [9.17, 15) is 4.79 Å². The van der Waals surface area contributed by atoms with Crippen LogP contribution in [0, 0.1) is 0 Å². The zero-order valence-electron chi connectivity index (χ0n) is 11.7. The molecule has 0 aliphatic carbocycles. The third-order valence-electron chi connectivity index (χ3n) is 3.14. The molecule has 0 saturated carbocycles. The van der Waals surface area contributed by atoms with Gasteiger partial charge in [0.25, 0.3) is 0 Å². The lowest BCUT2D eigenvalue weighted by atomic mass is 10.1. The molecule has 1 atom stereocenters. The standard InChI is InChI=1S/C17H19NO3/c18-16(10-13-4-2-1-3-5-13)12-21-11-14-6-8-15(9-7-14)17(19)20/h1-9,16H,10-12,18H2,(H,19,20)/t16-/m0/s1. The summed E-state index contributed by atoms with van der Waals surface area (Å²) < 4.78 is 5.58. The van der Waals surface area contributed by atoms with Crippen molar-refractivity contribution in [3.05, 3.63) is 71.3 Å². The number of carboxylic acids is 1. The minimum atomic E-state index is -0.924.